The number of benzene rings is 2. The Morgan fingerprint density at radius 2 is 1.69 bits per heavy atom. The molecule has 2 heterocycles. The van der Waals surface area contributed by atoms with E-state index in [4.69, 9.17) is 9.47 Å². The molecule has 2 saturated heterocycles. The van der Waals surface area contributed by atoms with Gasteiger partial charge in [-0.15, -0.1) is 0 Å². The maximum absolute atomic E-state index is 13.7. The van der Waals surface area contributed by atoms with Gasteiger partial charge >= 0.3 is 12.3 Å². The first-order valence-electron chi connectivity index (χ1n) is 10.2. The average Bonchev–Trinajstić information content (AvgIpc) is 2.76. The van der Waals surface area contributed by atoms with Crippen LogP contribution in [-0.4, -0.2) is 42.1 Å². The van der Waals surface area contributed by atoms with Crippen LogP contribution in [-0.2, 0) is 22.3 Å². The van der Waals surface area contributed by atoms with Crippen molar-refractivity contribution in [3.63, 3.8) is 0 Å². The molecule has 1 amide bonds. The third kappa shape index (κ3) is 4.62. The predicted molar refractivity (Wildman–Crippen MR) is 105 cm³/mol. The molecule has 2 atom stereocenters. The lowest BCUT2D eigenvalue weighted by Crippen LogP contribution is -2.60. The first-order chi connectivity index (χ1) is 15.2. The second-order valence-corrected chi connectivity index (χ2v) is 8.01. The number of amides is 1. The number of Topliss-reactive ketones (excluding diaryl/α,β-unsaturated/α-hetero) is 1. The van der Waals surface area contributed by atoms with E-state index in [1.165, 1.54) is 4.90 Å². The highest BCUT2D eigenvalue weighted by molar-refractivity contribution is 5.99. The van der Waals surface area contributed by atoms with Gasteiger partial charge in [0.2, 0.25) is 0 Å². The van der Waals surface area contributed by atoms with Crippen molar-refractivity contribution in [2.24, 2.45) is 5.92 Å². The molecule has 170 valence electrons. The third-order valence-electron chi connectivity index (χ3n) is 5.86. The Morgan fingerprint density at radius 1 is 1.03 bits per heavy atom. The number of rotatable bonds is 4. The Labute approximate surface area is 181 Å². The highest BCUT2D eigenvalue weighted by Crippen LogP contribution is 2.38. The van der Waals surface area contributed by atoms with Crippen LogP contribution in [0.3, 0.4) is 0 Å². The lowest BCUT2D eigenvalue weighted by molar-refractivity contribution is -0.138. The van der Waals surface area contributed by atoms with E-state index < -0.39 is 53.0 Å². The van der Waals surface area contributed by atoms with Crippen LogP contribution < -0.4 is 0 Å². The van der Waals surface area contributed by atoms with Crippen LogP contribution >= 0.6 is 0 Å². The molecule has 32 heavy (non-hydrogen) atoms. The maximum atomic E-state index is 13.7. The first-order valence-corrected chi connectivity index (χ1v) is 10.2. The van der Waals surface area contributed by atoms with Crippen LogP contribution in [0.4, 0.5) is 22.4 Å². The fraction of sp³-hybridized carbons (Fsp3) is 0.391. The third-order valence-corrected chi connectivity index (χ3v) is 5.86. The second kappa shape index (κ2) is 8.90. The van der Waals surface area contributed by atoms with E-state index in [-0.39, 0.29) is 32.7 Å². The van der Waals surface area contributed by atoms with Gasteiger partial charge in [0, 0.05) is 11.5 Å². The van der Waals surface area contributed by atoms with E-state index in [2.05, 4.69) is 0 Å². The highest BCUT2D eigenvalue weighted by atomic mass is 19.4. The van der Waals surface area contributed by atoms with Crippen molar-refractivity contribution >= 4 is 11.9 Å². The van der Waals surface area contributed by atoms with Gasteiger partial charge in [0.15, 0.2) is 5.78 Å². The molecule has 0 N–H and O–H groups in total. The van der Waals surface area contributed by atoms with Gasteiger partial charge in [0.1, 0.15) is 12.4 Å². The first kappa shape index (κ1) is 22.3. The van der Waals surface area contributed by atoms with Crippen molar-refractivity contribution < 1.29 is 36.6 Å². The molecular weight excluding hydrogens is 430 g/mol. The number of halogens is 4. The number of ketones is 1. The summed E-state index contributed by atoms with van der Waals surface area (Å²) in [5, 5.41) is 0. The van der Waals surface area contributed by atoms with Gasteiger partial charge in [-0.3, -0.25) is 9.69 Å². The fourth-order valence-corrected chi connectivity index (χ4v) is 4.41. The molecule has 9 heteroatoms. The molecule has 2 bridgehead atoms. The number of ether oxygens (including phenoxy) is 2. The van der Waals surface area contributed by atoms with Crippen molar-refractivity contribution in [3.05, 3.63) is 71.0 Å². The molecule has 2 aliphatic rings. The number of nitrogens with zero attached hydrogens (tertiary/aromatic N) is 1. The molecule has 2 fully saturated rings. The number of carbonyl (C=O) groups is 2. The molecule has 0 aliphatic carbocycles. The fourth-order valence-electron chi connectivity index (χ4n) is 4.41. The minimum absolute atomic E-state index is 0.0804. The van der Waals surface area contributed by atoms with Gasteiger partial charge in [0.25, 0.3) is 0 Å². The Kier molecular flexibility index (Phi) is 6.19. The SMILES string of the molecule is O=C(c1cc(F)ccc1C(F)(F)F)C1CC2COCC(C1)N2C(=O)OCc1ccccc1. The van der Waals surface area contributed by atoms with Gasteiger partial charge in [-0.25, -0.2) is 9.18 Å². The van der Waals surface area contributed by atoms with Crippen LogP contribution in [0.15, 0.2) is 48.5 Å². The van der Waals surface area contributed by atoms with E-state index in [0.29, 0.717) is 18.2 Å². The summed E-state index contributed by atoms with van der Waals surface area (Å²) in [6.45, 7) is 0.378. The number of alkyl halides is 3. The monoisotopic (exact) mass is 451 g/mol. The van der Waals surface area contributed by atoms with Crippen LogP contribution in [0.25, 0.3) is 0 Å². The van der Waals surface area contributed by atoms with Crippen molar-refractivity contribution in [2.75, 3.05) is 13.2 Å². The van der Waals surface area contributed by atoms with Crippen LogP contribution in [0.1, 0.15) is 34.3 Å². The van der Waals surface area contributed by atoms with Gasteiger partial charge in [0.05, 0.1) is 30.9 Å². The van der Waals surface area contributed by atoms with Crippen LogP contribution in [0, 0.1) is 11.7 Å². The molecule has 2 aromatic rings. The molecule has 2 aliphatic heterocycles. The summed E-state index contributed by atoms with van der Waals surface area (Å²) in [5.74, 6) is -2.46. The number of carbonyl (C=O) groups excluding carboxylic acids is 2. The minimum Gasteiger partial charge on any atom is -0.445 e. The van der Waals surface area contributed by atoms with Crippen molar-refractivity contribution in [3.8, 4) is 0 Å². The van der Waals surface area contributed by atoms with Gasteiger partial charge in [-0.05, 0) is 36.6 Å². The second-order valence-electron chi connectivity index (χ2n) is 8.01. The van der Waals surface area contributed by atoms with Crippen LogP contribution in [0.2, 0.25) is 0 Å². The molecule has 0 saturated carbocycles. The van der Waals surface area contributed by atoms with Gasteiger partial charge in [-0.1, -0.05) is 30.3 Å². The standard InChI is InChI=1S/C23H21F4NO4/c24-16-6-7-20(23(25,26)27)19(10-16)21(29)15-8-17-12-31-13-18(9-15)28(17)22(30)32-11-14-4-2-1-3-5-14/h1-7,10,15,17-18H,8-9,11-13H2. The Bertz CT molecular complexity index is 981. The molecule has 2 unspecified atom stereocenters. The van der Waals surface area contributed by atoms with Crippen molar-refractivity contribution in [1.29, 1.82) is 0 Å². The topological polar surface area (TPSA) is 55.8 Å². The van der Waals surface area contributed by atoms with E-state index in [0.717, 1.165) is 5.56 Å². The Morgan fingerprint density at radius 3 is 2.31 bits per heavy atom. The Balaban J connectivity index is 1.50. The van der Waals surface area contributed by atoms with E-state index in [1.807, 2.05) is 30.3 Å². The summed E-state index contributed by atoms with van der Waals surface area (Å²) < 4.78 is 64.7. The van der Waals surface area contributed by atoms with Crippen LogP contribution in [0.5, 0.6) is 0 Å². The molecule has 4 rings (SSSR count). The van der Waals surface area contributed by atoms with Gasteiger partial charge < -0.3 is 9.47 Å². The normalized spacial score (nSPS) is 23.0. The number of morpholine rings is 1. The van der Waals surface area contributed by atoms with Crippen molar-refractivity contribution in [1.82, 2.24) is 4.90 Å². The maximum Gasteiger partial charge on any atom is 0.417 e. The molecule has 2 aromatic carbocycles. The predicted octanol–water partition coefficient (Wildman–Crippen LogP) is 4.84. The smallest absolute Gasteiger partial charge is 0.417 e. The van der Waals surface area contributed by atoms with Crippen molar-refractivity contribution in [2.45, 2.75) is 37.7 Å². The largest absolute Gasteiger partial charge is 0.445 e. The zero-order chi connectivity index (χ0) is 22.9. The summed E-state index contributed by atoms with van der Waals surface area (Å²) in [6.07, 6.45) is -5.10. The van der Waals surface area contributed by atoms with Gasteiger partial charge in [-0.2, -0.15) is 13.2 Å². The molecule has 0 radical (unpaired) electrons. The molecular formula is C23H21F4NO4. The Hall–Kier alpha value is -2.94. The summed E-state index contributed by atoms with van der Waals surface area (Å²) in [6, 6.07) is 10.0. The van der Waals surface area contributed by atoms with E-state index in [9.17, 15) is 27.2 Å². The lowest BCUT2D eigenvalue weighted by atomic mass is 9.80. The lowest BCUT2D eigenvalue weighted by Gasteiger charge is -2.47. The number of hydrogen-bond donors (Lipinski definition) is 0. The zero-order valence-corrected chi connectivity index (χ0v) is 17.0. The summed E-state index contributed by atoms with van der Waals surface area (Å²) in [4.78, 5) is 27.2. The molecule has 5 nitrogen and oxygen atoms in total. The quantitative estimate of drug-likeness (QED) is 0.493. The molecule has 0 spiro atoms. The summed E-state index contributed by atoms with van der Waals surface area (Å²) in [7, 11) is 0. The number of fused-ring (bicyclic) bond motifs is 2. The summed E-state index contributed by atoms with van der Waals surface area (Å²) in [5.41, 5.74) is -1.02. The average molecular weight is 451 g/mol. The number of hydrogen-bond acceptors (Lipinski definition) is 4. The summed E-state index contributed by atoms with van der Waals surface area (Å²) >= 11 is 0. The number of piperidine rings is 1. The zero-order valence-electron chi connectivity index (χ0n) is 17.0. The minimum atomic E-state index is -4.78. The molecule has 0 aromatic heterocycles. The van der Waals surface area contributed by atoms with E-state index >= 15 is 0 Å². The van der Waals surface area contributed by atoms with E-state index in [1.54, 1.807) is 0 Å². The highest BCUT2D eigenvalue weighted by Gasteiger charge is 2.46.